The number of aryl methyl sites for hydroxylation is 1. The van der Waals surface area contributed by atoms with Crippen LogP contribution in [0.5, 0.6) is 0 Å². The van der Waals surface area contributed by atoms with Gasteiger partial charge in [0.2, 0.25) is 11.0 Å². The number of imidazole rings is 1. The molecular formula is C16H23N7O3S. The Morgan fingerprint density at radius 1 is 1.41 bits per heavy atom. The van der Waals surface area contributed by atoms with Gasteiger partial charge in [-0.25, -0.2) is 4.98 Å². The van der Waals surface area contributed by atoms with Gasteiger partial charge in [0.15, 0.2) is 0 Å². The molecule has 1 saturated carbocycles. The lowest BCUT2D eigenvalue weighted by molar-refractivity contribution is -0.127. The Morgan fingerprint density at radius 3 is 2.85 bits per heavy atom. The minimum absolute atomic E-state index is 0.0737. The number of nitrogens with one attached hydrogen (secondary N) is 2. The molecule has 2 aromatic heterocycles. The van der Waals surface area contributed by atoms with Crippen molar-refractivity contribution in [3.8, 4) is 0 Å². The highest BCUT2D eigenvalue weighted by atomic mass is 32.1. The maximum Gasteiger partial charge on any atom is 0.271 e. The van der Waals surface area contributed by atoms with Gasteiger partial charge in [-0.1, -0.05) is 11.3 Å². The van der Waals surface area contributed by atoms with Crippen molar-refractivity contribution in [1.29, 1.82) is 0 Å². The molecule has 0 spiro atoms. The van der Waals surface area contributed by atoms with Crippen LogP contribution in [0.4, 0.5) is 5.13 Å². The molecule has 0 unspecified atom stereocenters. The average Bonchev–Trinajstić information content (AvgIpc) is 3.27. The Balaban J connectivity index is 1.58. The molecule has 3 atom stereocenters. The first-order valence-corrected chi connectivity index (χ1v) is 9.45. The summed E-state index contributed by atoms with van der Waals surface area (Å²) >= 11 is 1.24. The third-order valence-corrected chi connectivity index (χ3v) is 5.36. The number of hydrogen-bond donors (Lipinski definition) is 3. The number of methoxy groups -OCH3 is 1. The summed E-state index contributed by atoms with van der Waals surface area (Å²) in [6.07, 6.45) is 4.97. The molecule has 2 amide bonds. The lowest BCUT2D eigenvalue weighted by Crippen LogP contribution is -2.50. The van der Waals surface area contributed by atoms with E-state index in [1.54, 1.807) is 31.2 Å². The minimum Gasteiger partial charge on any atom is -0.379 e. The standard InChI is InChI=1S/C16H23N7O3S/c1-23-7-11(19-8-23)15(25)20-10-5-9(3-4-12(10)26-2)14(24)18-6-13-21-22-16(17)27-13/h7-10,12H,3-6H2,1-2H3,(H2,17,22)(H,18,24)(H,20,25)/t9-,10+,12+/m0/s1. The highest BCUT2D eigenvalue weighted by Gasteiger charge is 2.35. The number of nitrogen functional groups attached to an aromatic ring is 1. The van der Waals surface area contributed by atoms with Crippen molar-refractivity contribution in [2.75, 3.05) is 12.8 Å². The summed E-state index contributed by atoms with van der Waals surface area (Å²) in [7, 11) is 3.42. The Kier molecular flexibility index (Phi) is 6.01. The first-order chi connectivity index (χ1) is 13.0. The third-order valence-electron chi connectivity index (χ3n) is 4.61. The zero-order valence-corrected chi connectivity index (χ0v) is 16.0. The highest BCUT2D eigenvalue weighted by Crippen LogP contribution is 2.27. The Labute approximate surface area is 160 Å². The van der Waals surface area contributed by atoms with Gasteiger partial charge in [0.05, 0.1) is 25.0 Å². The minimum atomic E-state index is -0.270. The summed E-state index contributed by atoms with van der Waals surface area (Å²) in [5, 5.41) is 14.5. The second-order valence-corrected chi connectivity index (χ2v) is 7.63. The molecule has 4 N–H and O–H groups in total. The number of ether oxygens (including phenoxy) is 1. The first-order valence-electron chi connectivity index (χ1n) is 8.63. The monoisotopic (exact) mass is 393 g/mol. The second kappa shape index (κ2) is 8.44. The molecule has 27 heavy (non-hydrogen) atoms. The maximum absolute atomic E-state index is 12.5. The summed E-state index contributed by atoms with van der Waals surface area (Å²) in [6.45, 7) is 0.295. The summed E-state index contributed by atoms with van der Waals surface area (Å²) in [5.41, 5.74) is 5.88. The van der Waals surface area contributed by atoms with E-state index in [9.17, 15) is 9.59 Å². The molecule has 0 saturated heterocycles. The van der Waals surface area contributed by atoms with Crippen molar-refractivity contribution in [2.24, 2.45) is 13.0 Å². The third kappa shape index (κ3) is 4.80. The fraction of sp³-hybridized carbons (Fsp3) is 0.562. The summed E-state index contributed by atoms with van der Waals surface area (Å²) in [5.74, 6) is -0.556. The molecule has 0 bridgehead atoms. The van der Waals surface area contributed by atoms with Crippen LogP contribution in [0.1, 0.15) is 34.8 Å². The van der Waals surface area contributed by atoms with Crippen LogP contribution in [0.3, 0.4) is 0 Å². The quantitative estimate of drug-likeness (QED) is 0.632. The number of aromatic nitrogens is 4. The lowest BCUT2D eigenvalue weighted by Gasteiger charge is -2.35. The zero-order chi connectivity index (χ0) is 19.4. The Bertz CT molecular complexity index is 806. The van der Waals surface area contributed by atoms with E-state index in [1.165, 1.54) is 11.3 Å². The van der Waals surface area contributed by atoms with Crippen LogP contribution in [0.2, 0.25) is 0 Å². The smallest absolute Gasteiger partial charge is 0.271 e. The van der Waals surface area contributed by atoms with E-state index in [4.69, 9.17) is 10.5 Å². The molecule has 10 nitrogen and oxygen atoms in total. The predicted octanol–water partition coefficient (Wildman–Crippen LogP) is 0.0837. The average molecular weight is 393 g/mol. The van der Waals surface area contributed by atoms with Crippen molar-refractivity contribution in [3.63, 3.8) is 0 Å². The van der Waals surface area contributed by atoms with E-state index in [-0.39, 0.29) is 29.9 Å². The number of nitrogens with zero attached hydrogens (tertiary/aromatic N) is 4. The van der Waals surface area contributed by atoms with Gasteiger partial charge in [0, 0.05) is 26.3 Å². The molecule has 0 aliphatic heterocycles. The normalized spacial score (nSPS) is 22.4. The number of hydrogen-bond acceptors (Lipinski definition) is 8. The van der Waals surface area contributed by atoms with E-state index in [2.05, 4.69) is 25.8 Å². The van der Waals surface area contributed by atoms with E-state index in [0.717, 1.165) is 0 Å². The topological polar surface area (TPSA) is 137 Å². The molecule has 11 heteroatoms. The number of amides is 2. The van der Waals surface area contributed by atoms with Crippen molar-refractivity contribution >= 4 is 28.3 Å². The molecule has 1 aliphatic carbocycles. The number of carbonyl (C=O) groups is 2. The van der Waals surface area contributed by atoms with Crippen LogP contribution in [-0.4, -0.2) is 50.8 Å². The molecule has 1 fully saturated rings. The predicted molar refractivity (Wildman–Crippen MR) is 98.8 cm³/mol. The van der Waals surface area contributed by atoms with Crippen LogP contribution in [0.25, 0.3) is 0 Å². The molecular weight excluding hydrogens is 370 g/mol. The molecule has 2 heterocycles. The highest BCUT2D eigenvalue weighted by molar-refractivity contribution is 7.15. The fourth-order valence-electron chi connectivity index (χ4n) is 3.23. The molecule has 3 rings (SSSR count). The van der Waals surface area contributed by atoms with Gasteiger partial charge < -0.3 is 25.7 Å². The summed E-state index contributed by atoms with van der Waals surface area (Å²) < 4.78 is 7.21. The fourth-order valence-corrected chi connectivity index (χ4v) is 3.78. The van der Waals surface area contributed by atoms with Gasteiger partial charge in [-0.15, -0.1) is 10.2 Å². The van der Waals surface area contributed by atoms with Crippen LogP contribution >= 0.6 is 11.3 Å². The number of nitrogens with two attached hydrogens (primary N) is 1. The largest absolute Gasteiger partial charge is 0.379 e. The van der Waals surface area contributed by atoms with E-state index >= 15 is 0 Å². The Hall–Kier alpha value is -2.53. The summed E-state index contributed by atoms with van der Waals surface area (Å²) in [4.78, 5) is 29.0. The summed E-state index contributed by atoms with van der Waals surface area (Å²) in [6, 6.07) is -0.258. The van der Waals surface area contributed by atoms with Crippen LogP contribution < -0.4 is 16.4 Å². The van der Waals surface area contributed by atoms with Crippen LogP contribution in [0.15, 0.2) is 12.5 Å². The molecule has 0 aromatic carbocycles. The molecule has 146 valence electrons. The van der Waals surface area contributed by atoms with E-state index < -0.39 is 0 Å². The Morgan fingerprint density at radius 2 is 2.22 bits per heavy atom. The van der Waals surface area contributed by atoms with Gasteiger partial charge in [0.1, 0.15) is 10.7 Å². The van der Waals surface area contributed by atoms with Gasteiger partial charge in [0.25, 0.3) is 5.91 Å². The van der Waals surface area contributed by atoms with Crippen molar-refractivity contribution in [1.82, 2.24) is 30.4 Å². The van der Waals surface area contributed by atoms with Crippen LogP contribution in [-0.2, 0) is 23.1 Å². The SMILES string of the molecule is CO[C@@H]1CC[C@H](C(=O)NCc2nnc(N)s2)C[C@H]1NC(=O)c1cn(C)cn1. The molecule has 0 radical (unpaired) electrons. The molecule has 1 aliphatic rings. The first kappa shape index (κ1) is 19.2. The number of carbonyl (C=O) groups excluding carboxylic acids is 2. The van der Waals surface area contributed by atoms with Crippen molar-refractivity contribution in [3.05, 3.63) is 23.2 Å². The van der Waals surface area contributed by atoms with Gasteiger partial charge in [-0.05, 0) is 19.3 Å². The van der Waals surface area contributed by atoms with Gasteiger partial charge in [-0.2, -0.15) is 0 Å². The van der Waals surface area contributed by atoms with Gasteiger partial charge in [-0.3, -0.25) is 9.59 Å². The van der Waals surface area contributed by atoms with E-state index in [1.807, 2.05) is 0 Å². The number of anilines is 1. The van der Waals surface area contributed by atoms with Crippen molar-refractivity contribution in [2.45, 2.75) is 38.0 Å². The van der Waals surface area contributed by atoms with E-state index in [0.29, 0.717) is 41.6 Å². The number of rotatable bonds is 6. The van der Waals surface area contributed by atoms with Gasteiger partial charge >= 0.3 is 0 Å². The molecule has 2 aromatic rings. The lowest BCUT2D eigenvalue weighted by atomic mass is 9.83. The second-order valence-electron chi connectivity index (χ2n) is 6.54. The zero-order valence-electron chi connectivity index (χ0n) is 15.2. The van der Waals surface area contributed by atoms with Crippen molar-refractivity contribution < 1.29 is 14.3 Å². The van der Waals surface area contributed by atoms with Crippen LogP contribution in [0, 0.1) is 5.92 Å². The maximum atomic E-state index is 12.5.